The fourth-order valence-electron chi connectivity index (χ4n) is 2.72. The number of rotatable bonds is 7. The molecule has 0 aromatic heterocycles. The van der Waals surface area contributed by atoms with E-state index in [9.17, 15) is 9.90 Å². The van der Waals surface area contributed by atoms with Gasteiger partial charge in [-0.05, 0) is 44.8 Å². The third-order valence-corrected chi connectivity index (χ3v) is 4.12. The molecule has 0 unspecified atom stereocenters. The molecule has 1 aromatic rings. The standard InChI is InChI=1S/C17H26N2O4/c1-18(2)9-10-23-14-5-3-13(4-6-14)11-19-8-7-15(17(21)22)16(20)12-19/h3-6,15-16,20H,7-12H2,1-2H3,(H,21,22)/t15-,16+/m0/s1. The van der Waals surface area contributed by atoms with E-state index in [0.717, 1.165) is 17.9 Å². The third-order valence-electron chi connectivity index (χ3n) is 4.12. The van der Waals surface area contributed by atoms with Gasteiger partial charge < -0.3 is 19.8 Å². The zero-order valence-electron chi connectivity index (χ0n) is 13.8. The van der Waals surface area contributed by atoms with Crippen LogP contribution in [0.1, 0.15) is 12.0 Å². The van der Waals surface area contributed by atoms with E-state index < -0.39 is 18.0 Å². The van der Waals surface area contributed by atoms with Crippen LogP contribution in [-0.4, -0.2) is 72.4 Å². The number of aliphatic hydroxyl groups is 1. The first-order valence-corrected chi connectivity index (χ1v) is 7.95. The van der Waals surface area contributed by atoms with Crippen molar-refractivity contribution in [2.24, 2.45) is 5.92 Å². The molecule has 0 radical (unpaired) electrons. The van der Waals surface area contributed by atoms with Crippen LogP contribution in [-0.2, 0) is 11.3 Å². The second-order valence-electron chi connectivity index (χ2n) is 6.33. The van der Waals surface area contributed by atoms with E-state index in [1.165, 1.54) is 0 Å². The van der Waals surface area contributed by atoms with Crippen molar-refractivity contribution in [3.8, 4) is 5.75 Å². The van der Waals surface area contributed by atoms with Gasteiger partial charge in [0.25, 0.3) is 0 Å². The maximum Gasteiger partial charge on any atom is 0.309 e. The van der Waals surface area contributed by atoms with Crippen molar-refractivity contribution >= 4 is 5.97 Å². The Morgan fingerprint density at radius 2 is 2.04 bits per heavy atom. The monoisotopic (exact) mass is 322 g/mol. The number of nitrogens with zero attached hydrogens (tertiary/aromatic N) is 2. The zero-order valence-corrected chi connectivity index (χ0v) is 13.8. The molecule has 2 N–H and O–H groups in total. The Hall–Kier alpha value is -1.63. The molecule has 23 heavy (non-hydrogen) atoms. The van der Waals surface area contributed by atoms with Crippen LogP contribution in [0.15, 0.2) is 24.3 Å². The smallest absolute Gasteiger partial charge is 0.309 e. The maximum absolute atomic E-state index is 11.0. The number of piperidine rings is 1. The van der Waals surface area contributed by atoms with E-state index in [1.807, 2.05) is 38.4 Å². The highest BCUT2D eigenvalue weighted by molar-refractivity contribution is 5.70. The van der Waals surface area contributed by atoms with E-state index in [-0.39, 0.29) is 0 Å². The predicted molar refractivity (Wildman–Crippen MR) is 87.5 cm³/mol. The Bertz CT molecular complexity index is 504. The minimum Gasteiger partial charge on any atom is -0.492 e. The normalized spacial score (nSPS) is 22.3. The number of aliphatic carboxylic acids is 1. The van der Waals surface area contributed by atoms with Crippen LogP contribution in [0.5, 0.6) is 5.75 Å². The Kier molecular flexibility index (Phi) is 6.38. The van der Waals surface area contributed by atoms with Gasteiger partial charge in [0.1, 0.15) is 12.4 Å². The lowest BCUT2D eigenvalue weighted by Gasteiger charge is -2.33. The number of carbonyl (C=O) groups is 1. The molecule has 6 nitrogen and oxygen atoms in total. The number of likely N-dealkylation sites (N-methyl/N-ethyl adjacent to an activating group) is 1. The van der Waals surface area contributed by atoms with Gasteiger partial charge in [-0.15, -0.1) is 0 Å². The first-order valence-electron chi connectivity index (χ1n) is 7.95. The summed E-state index contributed by atoms with van der Waals surface area (Å²) in [4.78, 5) is 15.2. The van der Waals surface area contributed by atoms with Crippen LogP contribution in [0.2, 0.25) is 0 Å². The van der Waals surface area contributed by atoms with Crippen LogP contribution >= 0.6 is 0 Å². The Labute approximate surface area is 137 Å². The zero-order chi connectivity index (χ0) is 16.8. The summed E-state index contributed by atoms with van der Waals surface area (Å²) in [5.74, 6) is -0.699. The Balaban J connectivity index is 1.81. The second kappa shape index (κ2) is 8.29. The van der Waals surface area contributed by atoms with Crippen molar-refractivity contribution in [1.29, 1.82) is 0 Å². The van der Waals surface area contributed by atoms with Crippen LogP contribution in [0.25, 0.3) is 0 Å². The molecule has 2 atom stereocenters. The number of carboxylic acids is 1. The minimum absolute atomic E-state index is 0.401. The van der Waals surface area contributed by atoms with Crippen molar-refractivity contribution in [3.05, 3.63) is 29.8 Å². The lowest BCUT2D eigenvalue weighted by molar-refractivity contribution is -0.148. The summed E-state index contributed by atoms with van der Waals surface area (Å²) in [6.07, 6.45) is -0.308. The summed E-state index contributed by atoms with van der Waals surface area (Å²) in [5, 5.41) is 19.0. The second-order valence-corrected chi connectivity index (χ2v) is 6.33. The topological polar surface area (TPSA) is 73.2 Å². The number of ether oxygens (including phenoxy) is 1. The van der Waals surface area contributed by atoms with Gasteiger partial charge in [-0.25, -0.2) is 0 Å². The fourth-order valence-corrected chi connectivity index (χ4v) is 2.72. The Morgan fingerprint density at radius 1 is 1.35 bits per heavy atom. The van der Waals surface area contributed by atoms with Crippen LogP contribution in [0, 0.1) is 5.92 Å². The molecule has 0 saturated carbocycles. The highest BCUT2D eigenvalue weighted by Gasteiger charge is 2.32. The van der Waals surface area contributed by atoms with Gasteiger partial charge in [-0.3, -0.25) is 9.69 Å². The maximum atomic E-state index is 11.0. The lowest BCUT2D eigenvalue weighted by atomic mass is 9.94. The highest BCUT2D eigenvalue weighted by Crippen LogP contribution is 2.21. The largest absolute Gasteiger partial charge is 0.492 e. The van der Waals surface area contributed by atoms with Crippen molar-refractivity contribution < 1.29 is 19.7 Å². The summed E-state index contributed by atoms with van der Waals surface area (Å²) >= 11 is 0. The predicted octanol–water partition coefficient (Wildman–Crippen LogP) is 0.894. The number of carboxylic acid groups (broad SMARTS) is 1. The van der Waals surface area contributed by atoms with E-state index in [1.54, 1.807) is 0 Å². The van der Waals surface area contributed by atoms with Gasteiger partial charge >= 0.3 is 5.97 Å². The molecule has 0 amide bonds. The number of hydrogen-bond acceptors (Lipinski definition) is 5. The molecule has 128 valence electrons. The Morgan fingerprint density at radius 3 is 2.61 bits per heavy atom. The van der Waals surface area contributed by atoms with E-state index >= 15 is 0 Å². The van der Waals surface area contributed by atoms with Gasteiger partial charge in [0.15, 0.2) is 0 Å². The summed E-state index contributed by atoms with van der Waals surface area (Å²) in [6.45, 7) is 3.33. The SMILES string of the molecule is CN(C)CCOc1ccc(CN2CC[C@H](C(=O)O)[C@H](O)C2)cc1. The van der Waals surface area contributed by atoms with Crippen molar-refractivity contribution in [2.75, 3.05) is 40.3 Å². The van der Waals surface area contributed by atoms with E-state index in [4.69, 9.17) is 9.84 Å². The van der Waals surface area contributed by atoms with Crippen LogP contribution in [0.4, 0.5) is 0 Å². The minimum atomic E-state index is -0.906. The lowest BCUT2D eigenvalue weighted by Crippen LogP contribution is -2.46. The van der Waals surface area contributed by atoms with Gasteiger partial charge in [-0.1, -0.05) is 12.1 Å². The van der Waals surface area contributed by atoms with Gasteiger partial charge in [0, 0.05) is 19.6 Å². The molecule has 1 aliphatic rings. The van der Waals surface area contributed by atoms with Gasteiger partial charge in [0.05, 0.1) is 12.0 Å². The molecular weight excluding hydrogens is 296 g/mol. The quantitative estimate of drug-likeness (QED) is 0.777. The highest BCUT2D eigenvalue weighted by atomic mass is 16.5. The average molecular weight is 322 g/mol. The van der Waals surface area contributed by atoms with Gasteiger partial charge in [0.2, 0.25) is 0 Å². The fraction of sp³-hybridized carbons (Fsp3) is 0.588. The summed E-state index contributed by atoms with van der Waals surface area (Å²) in [7, 11) is 4.02. The number of hydrogen-bond donors (Lipinski definition) is 2. The van der Waals surface area contributed by atoms with Crippen LogP contribution < -0.4 is 4.74 Å². The molecule has 1 aliphatic heterocycles. The average Bonchev–Trinajstić information content (AvgIpc) is 2.48. The van der Waals surface area contributed by atoms with E-state index in [0.29, 0.717) is 32.7 Å². The molecule has 1 fully saturated rings. The molecule has 1 heterocycles. The van der Waals surface area contributed by atoms with Crippen molar-refractivity contribution in [3.63, 3.8) is 0 Å². The third kappa shape index (κ3) is 5.49. The van der Waals surface area contributed by atoms with Crippen molar-refractivity contribution in [2.45, 2.75) is 19.1 Å². The first kappa shape index (κ1) is 17.7. The number of β-amino-alcohol motifs (C(OH)–C–C–N with tert-alkyl or cyclic N) is 1. The number of likely N-dealkylation sites (tertiary alicyclic amines) is 1. The van der Waals surface area contributed by atoms with Crippen LogP contribution in [0.3, 0.4) is 0 Å². The molecule has 0 aliphatic carbocycles. The molecule has 1 aromatic carbocycles. The summed E-state index contributed by atoms with van der Waals surface area (Å²) in [5.41, 5.74) is 1.13. The number of benzene rings is 1. The number of aliphatic hydroxyl groups excluding tert-OH is 1. The summed E-state index contributed by atoms with van der Waals surface area (Å²) < 4.78 is 5.66. The molecule has 1 saturated heterocycles. The molecule has 0 bridgehead atoms. The van der Waals surface area contributed by atoms with E-state index in [2.05, 4.69) is 9.80 Å². The first-order chi connectivity index (χ1) is 11.0. The van der Waals surface area contributed by atoms with Crippen molar-refractivity contribution in [1.82, 2.24) is 9.80 Å². The molecule has 0 spiro atoms. The summed E-state index contributed by atoms with van der Waals surface area (Å²) in [6, 6.07) is 7.93. The molecule has 2 rings (SSSR count). The molecular formula is C17H26N2O4. The molecule has 6 heteroatoms. The van der Waals surface area contributed by atoms with Gasteiger partial charge in [-0.2, -0.15) is 0 Å².